The normalized spacial score (nSPS) is 19.7. The first-order chi connectivity index (χ1) is 16.7. The molecule has 0 bridgehead atoms. The predicted molar refractivity (Wildman–Crippen MR) is 131 cm³/mol. The molecule has 2 aromatic heterocycles. The summed E-state index contributed by atoms with van der Waals surface area (Å²) in [5.74, 6) is -2.68. The Balaban J connectivity index is 1.50. The molecule has 4 rings (SSSR count). The van der Waals surface area contributed by atoms with E-state index in [0.717, 1.165) is 16.2 Å². The van der Waals surface area contributed by atoms with Gasteiger partial charge in [0.05, 0.1) is 9.72 Å². The quantitative estimate of drug-likeness (QED) is 0.142. The Morgan fingerprint density at radius 2 is 2.17 bits per heavy atom. The van der Waals surface area contributed by atoms with Gasteiger partial charge >= 0.3 is 5.97 Å². The number of nitrogen functional groups attached to an aromatic ring is 1. The first-order valence-corrected chi connectivity index (χ1v) is 13.4. The number of carbonyl (C=O) groups is 4. The van der Waals surface area contributed by atoms with Gasteiger partial charge in [-0.05, 0) is 5.57 Å². The van der Waals surface area contributed by atoms with E-state index in [2.05, 4.69) is 20.4 Å². The number of β-lactam (4-membered cyclic amide) rings is 1. The van der Waals surface area contributed by atoms with Crippen LogP contribution in [0.1, 0.15) is 16.2 Å². The minimum Gasteiger partial charge on any atom is -0.477 e. The van der Waals surface area contributed by atoms with Crippen molar-refractivity contribution in [2.24, 2.45) is 10.9 Å². The molecular formula is C18H17N7O6S4. The molecule has 0 aromatic carbocycles. The molecule has 2 atom stereocenters. The number of thiazole rings is 2. The highest BCUT2D eigenvalue weighted by Gasteiger charge is 2.54. The van der Waals surface area contributed by atoms with Gasteiger partial charge in [-0.3, -0.25) is 19.3 Å². The third-order valence-electron chi connectivity index (χ3n) is 4.84. The fraction of sp³-hybridized carbons (Fsp3) is 0.278. The second-order valence-corrected chi connectivity index (χ2v) is 11.0. The smallest absolute Gasteiger partial charge is 0.352 e. The topological polar surface area (TPSA) is 203 Å². The Hall–Kier alpha value is -3.15. The lowest BCUT2D eigenvalue weighted by Crippen LogP contribution is -2.71. The zero-order valence-electron chi connectivity index (χ0n) is 17.8. The number of hydrogen-bond acceptors (Lipinski definition) is 13. The van der Waals surface area contributed by atoms with Gasteiger partial charge in [0.2, 0.25) is 0 Å². The number of fused-ring (bicyclic) bond motifs is 1. The van der Waals surface area contributed by atoms with E-state index in [9.17, 15) is 24.3 Å². The fourth-order valence-corrected chi connectivity index (χ4v) is 7.30. The largest absolute Gasteiger partial charge is 0.477 e. The van der Waals surface area contributed by atoms with Crippen LogP contribution in [0.25, 0.3) is 0 Å². The van der Waals surface area contributed by atoms with Crippen LogP contribution in [0.5, 0.6) is 0 Å². The molecule has 1 saturated heterocycles. The molecular weight excluding hydrogens is 539 g/mol. The van der Waals surface area contributed by atoms with Gasteiger partial charge in [0.25, 0.3) is 17.7 Å². The van der Waals surface area contributed by atoms with Crippen molar-refractivity contribution in [3.05, 3.63) is 33.5 Å². The monoisotopic (exact) mass is 555 g/mol. The van der Waals surface area contributed by atoms with Crippen molar-refractivity contribution < 1.29 is 29.1 Å². The lowest BCUT2D eigenvalue weighted by molar-refractivity contribution is -0.150. The molecule has 13 nitrogen and oxygen atoms in total. The van der Waals surface area contributed by atoms with E-state index in [1.54, 1.807) is 0 Å². The Morgan fingerprint density at radius 3 is 2.80 bits per heavy atom. The highest BCUT2D eigenvalue weighted by Crippen LogP contribution is 2.42. The molecule has 2 aliphatic heterocycles. The van der Waals surface area contributed by atoms with Crippen LogP contribution in [-0.2, 0) is 19.2 Å². The van der Waals surface area contributed by atoms with Crippen LogP contribution in [0.4, 0.5) is 5.13 Å². The van der Waals surface area contributed by atoms with Crippen molar-refractivity contribution in [1.82, 2.24) is 20.2 Å². The number of aliphatic carboxylic acids is 1. The average molecular weight is 556 g/mol. The maximum Gasteiger partial charge on any atom is 0.352 e. The molecule has 2 aliphatic rings. The summed E-state index contributed by atoms with van der Waals surface area (Å²) in [6, 6.07) is -0.961. The van der Waals surface area contributed by atoms with Crippen molar-refractivity contribution in [2.45, 2.75) is 15.6 Å². The number of nitrogens with two attached hydrogens (primary N) is 2. The van der Waals surface area contributed by atoms with Gasteiger partial charge < -0.3 is 26.7 Å². The zero-order valence-corrected chi connectivity index (χ0v) is 21.1. The first kappa shape index (κ1) is 25.0. The molecule has 1 fully saturated rings. The molecule has 4 heterocycles. The second-order valence-electron chi connectivity index (χ2n) is 6.95. The van der Waals surface area contributed by atoms with Crippen molar-refractivity contribution in [1.29, 1.82) is 0 Å². The number of hydrogen-bond donors (Lipinski definition) is 4. The number of primary amides is 1. The summed E-state index contributed by atoms with van der Waals surface area (Å²) in [6.07, 6.45) is 0. The number of nitrogens with zero attached hydrogens (tertiary/aromatic N) is 4. The zero-order chi connectivity index (χ0) is 25.3. The van der Waals surface area contributed by atoms with Gasteiger partial charge in [0.15, 0.2) is 16.5 Å². The summed E-state index contributed by atoms with van der Waals surface area (Å²) in [5, 5.41) is 17.3. The Labute approximate surface area is 214 Å². The standard InChI is InChI=1S/C18H17N7O6S4/c1-31-24-8(7-4-34-18(20)22-7)13(27)23-10-14(28)25-11(16(29)30)6(2-32-15(10)25)3-33-17-9(12(19)26)21-5-35-17/h4-5,10,15H,2-3H2,1H3,(H2,19,26)(H2,20,22)(H,23,27)(H,29,30)/b24-8-/t10?,15-/m1/s1. The molecule has 0 radical (unpaired) electrons. The van der Waals surface area contributed by atoms with Crippen molar-refractivity contribution in [3.63, 3.8) is 0 Å². The molecule has 3 amide bonds. The molecule has 2 aromatic rings. The predicted octanol–water partition coefficient (Wildman–Crippen LogP) is 0.162. The molecule has 17 heteroatoms. The molecule has 6 N–H and O–H groups in total. The fourth-order valence-electron chi connectivity index (χ4n) is 3.35. The number of nitrogens with one attached hydrogen (secondary N) is 1. The van der Waals surface area contributed by atoms with Crippen LogP contribution in [0, 0.1) is 0 Å². The maximum atomic E-state index is 12.9. The maximum absolute atomic E-state index is 12.9. The Morgan fingerprint density at radius 1 is 1.40 bits per heavy atom. The summed E-state index contributed by atoms with van der Waals surface area (Å²) >= 11 is 4.87. The lowest BCUT2D eigenvalue weighted by atomic mass is 10.0. The summed E-state index contributed by atoms with van der Waals surface area (Å²) < 4.78 is 0.564. The van der Waals surface area contributed by atoms with E-state index in [4.69, 9.17) is 16.3 Å². The van der Waals surface area contributed by atoms with E-state index in [-0.39, 0.29) is 33.7 Å². The second kappa shape index (κ2) is 10.2. The molecule has 0 aliphatic carbocycles. The molecule has 1 unspecified atom stereocenters. The van der Waals surface area contributed by atoms with Crippen LogP contribution < -0.4 is 16.8 Å². The first-order valence-electron chi connectivity index (χ1n) is 9.62. The van der Waals surface area contributed by atoms with E-state index < -0.39 is 35.1 Å². The van der Waals surface area contributed by atoms with Gasteiger partial charge in [0.1, 0.15) is 29.9 Å². The van der Waals surface area contributed by atoms with Crippen molar-refractivity contribution in [2.75, 3.05) is 24.3 Å². The van der Waals surface area contributed by atoms with Crippen LogP contribution in [-0.4, -0.2) is 79.4 Å². The number of rotatable bonds is 9. The molecule has 0 saturated carbocycles. The van der Waals surface area contributed by atoms with Gasteiger partial charge in [-0.25, -0.2) is 14.8 Å². The number of aromatic nitrogens is 2. The Kier molecular flexibility index (Phi) is 7.29. The molecule has 0 spiro atoms. The summed E-state index contributed by atoms with van der Waals surface area (Å²) in [5.41, 5.74) is 12.9. The minimum atomic E-state index is -1.26. The SMILES string of the molecule is CO/N=C(\C(=O)NC1C(=O)N2C(C(=O)O)=C(CSc3scnc3C(N)=O)CS[C@H]12)c1csc(N)n1. The molecule has 184 valence electrons. The van der Waals surface area contributed by atoms with Gasteiger partial charge in [0, 0.05) is 16.9 Å². The van der Waals surface area contributed by atoms with Crippen molar-refractivity contribution in [3.8, 4) is 0 Å². The summed E-state index contributed by atoms with van der Waals surface area (Å²) in [7, 11) is 1.26. The van der Waals surface area contributed by atoms with Crippen LogP contribution in [0.15, 0.2) is 31.5 Å². The third-order valence-corrected chi connectivity index (χ3v) is 9.07. The van der Waals surface area contributed by atoms with Gasteiger partial charge in [-0.2, -0.15) is 0 Å². The van der Waals surface area contributed by atoms with Crippen LogP contribution in [0.3, 0.4) is 0 Å². The molecule has 35 heavy (non-hydrogen) atoms. The summed E-state index contributed by atoms with van der Waals surface area (Å²) in [6.45, 7) is 0. The van der Waals surface area contributed by atoms with Crippen LogP contribution in [0.2, 0.25) is 0 Å². The number of carboxylic acids is 1. The van der Waals surface area contributed by atoms with E-state index >= 15 is 0 Å². The summed E-state index contributed by atoms with van der Waals surface area (Å²) in [4.78, 5) is 63.1. The highest BCUT2D eigenvalue weighted by molar-refractivity contribution is 8.02. The van der Waals surface area contributed by atoms with Gasteiger partial charge in [-0.1, -0.05) is 5.16 Å². The van der Waals surface area contributed by atoms with Gasteiger partial charge in [-0.15, -0.1) is 46.2 Å². The van der Waals surface area contributed by atoms with Crippen molar-refractivity contribution >= 4 is 80.7 Å². The average Bonchev–Trinajstić information content (AvgIpc) is 3.47. The number of thioether (sulfide) groups is 2. The lowest BCUT2D eigenvalue weighted by Gasteiger charge is -2.49. The number of anilines is 1. The third kappa shape index (κ3) is 4.84. The highest BCUT2D eigenvalue weighted by atomic mass is 32.2. The van der Waals surface area contributed by atoms with Crippen LogP contribution >= 0.6 is 46.2 Å². The number of oxime groups is 1. The minimum absolute atomic E-state index is 0.122. The van der Waals surface area contributed by atoms with E-state index in [0.29, 0.717) is 15.5 Å². The van der Waals surface area contributed by atoms with E-state index in [1.807, 2.05) is 0 Å². The number of carbonyl (C=O) groups excluding carboxylic acids is 3. The van der Waals surface area contributed by atoms with E-state index in [1.165, 1.54) is 52.9 Å². The Bertz CT molecular complexity index is 1270. The number of amides is 3. The number of carboxylic acid groups (broad SMARTS) is 1.